The smallest absolute Gasteiger partial charge is 0.164 e. The number of benzene rings is 1. The molecular formula is C17H24O5. The number of ether oxygens (including phenoxy) is 4. The van der Waals surface area contributed by atoms with Crippen LogP contribution >= 0.6 is 0 Å². The Hall–Kier alpha value is -0.980. The SMILES string of the molecule is CC1OC(COCc2ccccc2)C2OC(C)(C)OC12CO. The van der Waals surface area contributed by atoms with E-state index in [9.17, 15) is 5.11 Å². The molecule has 2 aliphatic rings. The molecule has 0 aromatic heterocycles. The Bertz CT molecular complexity index is 503. The summed E-state index contributed by atoms with van der Waals surface area (Å²) in [5, 5.41) is 9.82. The van der Waals surface area contributed by atoms with Crippen LogP contribution in [0, 0.1) is 0 Å². The zero-order valence-electron chi connectivity index (χ0n) is 13.3. The van der Waals surface area contributed by atoms with E-state index in [-0.39, 0.29) is 24.9 Å². The first-order valence-corrected chi connectivity index (χ1v) is 7.73. The first-order chi connectivity index (χ1) is 10.5. The Labute approximate surface area is 131 Å². The summed E-state index contributed by atoms with van der Waals surface area (Å²) >= 11 is 0. The molecule has 0 bridgehead atoms. The van der Waals surface area contributed by atoms with Crippen LogP contribution in [0.2, 0.25) is 0 Å². The molecule has 4 unspecified atom stereocenters. The molecule has 5 heteroatoms. The highest BCUT2D eigenvalue weighted by Crippen LogP contribution is 2.46. The third kappa shape index (κ3) is 2.79. The lowest BCUT2D eigenvalue weighted by Gasteiger charge is -2.29. The molecule has 3 rings (SSSR count). The molecule has 0 saturated carbocycles. The maximum atomic E-state index is 9.82. The summed E-state index contributed by atoms with van der Waals surface area (Å²) in [5.41, 5.74) is 0.315. The number of hydrogen-bond donors (Lipinski definition) is 1. The van der Waals surface area contributed by atoms with Gasteiger partial charge in [0.1, 0.15) is 17.8 Å². The molecule has 1 N–H and O–H groups in total. The van der Waals surface area contributed by atoms with Gasteiger partial charge in [-0.3, -0.25) is 0 Å². The molecule has 5 nitrogen and oxygen atoms in total. The van der Waals surface area contributed by atoms with E-state index < -0.39 is 11.4 Å². The van der Waals surface area contributed by atoms with Gasteiger partial charge in [-0.25, -0.2) is 0 Å². The minimum absolute atomic E-state index is 0.128. The highest BCUT2D eigenvalue weighted by atomic mass is 16.8. The monoisotopic (exact) mass is 308 g/mol. The molecule has 122 valence electrons. The Morgan fingerprint density at radius 3 is 2.64 bits per heavy atom. The zero-order valence-corrected chi connectivity index (χ0v) is 13.3. The van der Waals surface area contributed by atoms with Gasteiger partial charge in [-0.15, -0.1) is 0 Å². The fraction of sp³-hybridized carbons (Fsp3) is 0.647. The lowest BCUT2D eigenvalue weighted by Crippen LogP contribution is -2.49. The number of fused-ring (bicyclic) bond motifs is 1. The molecule has 0 radical (unpaired) electrons. The molecule has 22 heavy (non-hydrogen) atoms. The predicted octanol–water partition coefficient (Wildman–Crippen LogP) is 1.87. The topological polar surface area (TPSA) is 57.2 Å². The van der Waals surface area contributed by atoms with Crippen LogP contribution in [-0.2, 0) is 25.6 Å². The summed E-state index contributed by atoms with van der Waals surface area (Å²) in [6.45, 7) is 6.43. The Balaban J connectivity index is 1.63. The van der Waals surface area contributed by atoms with Gasteiger partial charge in [-0.2, -0.15) is 0 Å². The first kappa shape index (κ1) is 15.9. The lowest BCUT2D eigenvalue weighted by molar-refractivity contribution is -0.212. The summed E-state index contributed by atoms with van der Waals surface area (Å²) in [6.07, 6.45) is -0.805. The van der Waals surface area contributed by atoms with Crippen LogP contribution in [0.4, 0.5) is 0 Å². The summed E-state index contributed by atoms with van der Waals surface area (Å²) in [5.74, 6) is -0.719. The van der Waals surface area contributed by atoms with Crippen molar-refractivity contribution in [2.45, 2.75) is 57.1 Å². The minimum Gasteiger partial charge on any atom is -0.393 e. The summed E-state index contributed by atoms with van der Waals surface area (Å²) in [7, 11) is 0. The Morgan fingerprint density at radius 2 is 1.95 bits per heavy atom. The third-order valence-electron chi connectivity index (χ3n) is 4.37. The van der Waals surface area contributed by atoms with Crippen LogP contribution in [0.25, 0.3) is 0 Å². The third-order valence-corrected chi connectivity index (χ3v) is 4.37. The van der Waals surface area contributed by atoms with Crippen LogP contribution in [0.1, 0.15) is 26.3 Å². The van der Waals surface area contributed by atoms with Gasteiger partial charge in [0.05, 0.1) is 25.9 Å². The van der Waals surface area contributed by atoms with Crippen molar-refractivity contribution in [3.8, 4) is 0 Å². The van der Waals surface area contributed by atoms with E-state index >= 15 is 0 Å². The molecule has 2 fully saturated rings. The molecule has 1 aromatic carbocycles. The van der Waals surface area contributed by atoms with E-state index in [4.69, 9.17) is 18.9 Å². The Kier molecular flexibility index (Phi) is 4.27. The average molecular weight is 308 g/mol. The van der Waals surface area contributed by atoms with Crippen molar-refractivity contribution in [1.29, 1.82) is 0 Å². The van der Waals surface area contributed by atoms with Crippen LogP contribution in [-0.4, -0.2) is 48.0 Å². The molecule has 2 heterocycles. The van der Waals surface area contributed by atoms with Crippen LogP contribution < -0.4 is 0 Å². The maximum Gasteiger partial charge on any atom is 0.164 e. The van der Waals surface area contributed by atoms with Gasteiger partial charge in [0.2, 0.25) is 0 Å². The van der Waals surface area contributed by atoms with Crippen molar-refractivity contribution >= 4 is 0 Å². The standard InChI is InChI=1S/C17H24O5/c1-12-17(11-18)15(21-16(2,3)22-17)14(20-12)10-19-9-13-7-5-4-6-8-13/h4-8,12,14-15,18H,9-11H2,1-3H3. The van der Waals surface area contributed by atoms with E-state index in [1.54, 1.807) is 0 Å². The van der Waals surface area contributed by atoms with Gasteiger partial charge in [0.15, 0.2) is 5.79 Å². The van der Waals surface area contributed by atoms with Crippen molar-refractivity contribution in [3.63, 3.8) is 0 Å². The number of aliphatic hydroxyl groups excluding tert-OH is 1. The Morgan fingerprint density at radius 1 is 1.23 bits per heavy atom. The van der Waals surface area contributed by atoms with Crippen molar-refractivity contribution in [1.82, 2.24) is 0 Å². The van der Waals surface area contributed by atoms with Gasteiger partial charge < -0.3 is 24.1 Å². The number of rotatable bonds is 5. The van der Waals surface area contributed by atoms with Crippen LogP contribution in [0.15, 0.2) is 30.3 Å². The average Bonchev–Trinajstić information content (AvgIpc) is 2.91. The van der Waals surface area contributed by atoms with Gasteiger partial charge in [-0.05, 0) is 26.3 Å². The molecule has 2 saturated heterocycles. The quantitative estimate of drug-likeness (QED) is 0.900. The molecule has 4 atom stereocenters. The second-order valence-electron chi connectivity index (χ2n) is 6.47. The van der Waals surface area contributed by atoms with E-state index in [0.717, 1.165) is 5.56 Å². The van der Waals surface area contributed by atoms with Gasteiger partial charge in [-0.1, -0.05) is 30.3 Å². The second kappa shape index (κ2) is 5.91. The summed E-state index contributed by atoms with van der Waals surface area (Å²) in [4.78, 5) is 0. The minimum atomic E-state index is -0.801. The highest BCUT2D eigenvalue weighted by molar-refractivity contribution is 5.13. The van der Waals surface area contributed by atoms with Crippen molar-refractivity contribution < 1.29 is 24.1 Å². The van der Waals surface area contributed by atoms with Crippen LogP contribution in [0.5, 0.6) is 0 Å². The van der Waals surface area contributed by atoms with Gasteiger partial charge in [0.25, 0.3) is 0 Å². The summed E-state index contributed by atoms with van der Waals surface area (Å²) < 4.78 is 23.6. The fourth-order valence-corrected chi connectivity index (χ4v) is 3.34. The zero-order chi connectivity index (χ0) is 15.8. The first-order valence-electron chi connectivity index (χ1n) is 7.73. The van der Waals surface area contributed by atoms with Crippen molar-refractivity contribution in [2.75, 3.05) is 13.2 Å². The van der Waals surface area contributed by atoms with E-state index in [0.29, 0.717) is 13.2 Å². The molecular weight excluding hydrogens is 284 g/mol. The van der Waals surface area contributed by atoms with Crippen molar-refractivity contribution in [3.05, 3.63) is 35.9 Å². The molecule has 2 aliphatic heterocycles. The number of aliphatic hydroxyl groups is 1. The summed E-state index contributed by atoms with van der Waals surface area (Å²) in [6, 6.07) is 10.00. The molecule has 0 amide bonds. The second-order valence-corrected chi connectivity index (χ2v) is 6.47. The van der Waals surface area contributed by atoms with Crippen LogP contribution in [0.3, 0.4) is 0 Å². The highest BCUT2D eigenvalue weighted by Gasteiger charge is 2.64. The normalized spacial score (nSPS) is 36.5. The molecule has 1 aromatic rings. The van der Waals surface area contributed by atoms with Gasteiger partial charge >= 0.3 is 0 Å². The van der Waals surface area contributed by atoms with E-state index in [1.807, 2.05) is 51.1 Å². The van der Waals surface area contributed by atoms with Crippen molar-refractivity contribution in [2.24, 2.45) is 0 Å². The largest absolute Gasteiger partial charge is 0.393 e. The predicted molar refractivity (Wildman–Crippen MR) is 80.3 cm³/mol. The maximum absolute atomic E-state index is 9.82. The van der Waals surface area contributed by atoms with E-state index in [2.05, 4.69) is 0 Å². The number of hydrogen-bond acceptors (Lipinski definition) is 5. The van der Waals surface area contributed by atoms with Gasteiger partial charge in [0, 0.05) is 0 Å². The molecule has 0 spiro atoms. The lowest BCUT2D eigenvalue weighted by atomic mass is 9.92. The molecule has 0 aliphatic carbocycles. The fourth-order valence-electron chi connectivity index (χ4n) is 3.34. The van der Waals surface area contributed by atoms with E-state index in [1.165, 1.54) is 0 Å².